The second-order valence-corrected chi connectivity index (χ2v) is 8.12. The number of carbonyl (C=O) groups excluding carboxylic acids is 2. The van der Waals surface area contributed by atoms with E-state index in [4.69, 9.17) is 16.3 Å². The molecule has 1 fully saturated rings. The Morgan fingerprint density at radius 2 is 1.94 bits per heavy atom. The molecule has 4 rings (SSSR count). The lowest BCUT2D eigenvalue weighted by Crippen LogP contribution is -2.29. The molecule has 1 aromatic heterocycles. The Morgan fingerprint density at radius 1 is 1.20 bits per heavy atom. The molecule has 2 heterocycles. The molecule has 1 saturated heterocycles. The van der Waals surface area contributed by atoms with E-state index in [1.807, 2.05) is 0 Å². The average molecular weight is 494 g/mol. The summed E-state index contributed by atoms with van der Waals surface area (Å²) in [6.45, 7) is 2.24. The van der Waals surface area contributed by atoms with Gasteiger partial charge in [0, 0.05) is 36.6 Å². The third-order valence-electron chi connectivity index (χ3n) is 5.54. The van der Waals surface area contributed by atoms with Crippen LogP contribution in [0.1, 0.15) is 29.7 Å². The van der Waals surface area contributed by atoms with Gasteiger partial charge in [0.1, 0.15) is 11.5 Å². The van der Waals surface area contributed by atoms with Crippen molar-refractivity contribution in [1.82, 2.24) is 9.88 Å². The molecule has 1 aliphatic heterocycles. The molecule has 0 unspecified atom stereocenters. The second-order valence-electron chi connectivity index (χ2n) is 7.72. The van der Waals surface area contributed by atoms with Gasteiger partial charge in [-0.15, -0.1) is 0 Å². The molecule has 1 aliphatic rings. The molecule has 1 amide bonds. The summed E-state index contributed by atoms with van der Waals surface area (Å²) >= 11 is 6.27. The summed E-state index contributed by atoms with van der Waals surface area (Å²) in [5, 5.41) is 22.5. The third kappa shape index (κ3) is 4.71. The summed E-state index contributed by atoms with van der Waals surface area (Å²) in [4.78, 5) is 42.1. The number of ketones is 1. The van der Waals surface area contributed by atoms with Gasteiger partial charge >= 0.3 is 0 Å². The van der Waals surface area contributed by atoms with E-state index >= 15 is 0 Å². The quantitative estimate of drug-likeness (QED) is 0.167. The van der Waals surface area contributed by atoms with Gasteiger partial charge in [0.2, 0.25) is 0 Å². The van der Waals surface area contributed by atoms with Crippen molar-refractivity contribution in [2.24, 2.45) is 0 Å². The van der Waals surface area contributed by atoms with Gasteiger partial charge in [0.25, 0.3) is 17.4 Å². The summed E-state index contributed by atoms with van der Waals surface area (Å²) in [7, 11) is 0. The van der Waals surface area contributed by atoms with Gasteiger partial charge in [-0.1, -0.05) is 17.7 Å². The second kappa shape index (κ2) is 9.94. The number of aliphatic hydroxyl groups excluding tert-OH is 1. The number of nitro benzene ring substituents is 1. The SMILES string of the molecule is CCOc1ccc(C(O)=C2C(=O)C(=O)N(Cc3cccnc3)[C@@H]2c2ccc([N+](=O)[O-])cc2)cc1Cl. The summed E-state index contributed by atoms with van der Waals surface area (Å²) in [5.74, 6) is -1.68. The fourth-order valence-corrected chi connectivity index (χ4v) is 4.17. The van der Waals surface area contributed by atoms with Gasteiger partial charge in [0.05, 0.1) is 28.2 Å². The first-order chi connectivity index (χ1) is 16.8. The number of Topliss-reactive ketones (excluding diaryl/α,β-unsaturated/α-hetero) is 1. The van der Waals surface area contributed by atoms with Crippen LogP contribution >= 0.6 is 11.6 Å². The number of carbonyl (C=O) groups is 2. The molecule has 35 heavy (non-hydrogen) atoms. The number of aliphatic hydroxyl groups is 1. The number of pyridine rings is 1. The van der Waals surface area contributed by atoms with E-state index in [-0.39, 0.29) is 28.4 Å². The zero-order chi connectivity index (χ0) is 25.1. The van der Waals surface area contributed by atoms with Gasteiger partial charge in [-0.05, 0) is 54.4 Å². The van der Waals surface area contributed by atoms with Crippen molar-refractivity contribution in [3.63, 3.8) is 0 Å². The van der Waals surface area contributed by atoms with Crippen LogP contribution in [0.3, 0.4) is 0 Å². The van der Waals surface area contributed by atoms with Crippen molar-refractivity contribution in [1.29, 1.82) is 0 Å². The van der Waals surface area contributed by atoms with E-state index in [1.54, 1.807) is 37.5 Å². The molecule has 1 atom stereocenters. The monoisotopic (exact) mass is 493 g/mol. The van der Waals surface area contributed by atoms with Crippen LogP contribution in [-0.2, 0) is 16.1 Å². The molecule has 178 valence electrons. The Labute approximate surface area is 205 Å². The van der Waals surface area contributed by atoms with E-state index in [1.165, 1.54) is 41.3 Å². The molecule has 0 spiro atoms. The highest BCUT2D eigenvalue weighted by atomic mass is 35.5. The van der Waals surface area contributed by atoms with E-state index < -0.39 is 28.4 Å². The minimum atomic E-state index is -0.985. The van der Waals surface area contributed by atoms with Crippen molar-refractivity contribution in [2.75, 3.05) is 6.61 Å². The number of hydrogen-bond acceptors (Lipinski definition) is 7. The number of halogens is 1. The van der Waals surface area contributed by atoms with E-state index in [9.17, 15) is 24.8 Å². The van der Waals surface area contributed by atoms with Gasteiger partial charge in [-0.25, -0.2) is 0 Å². The Bertz CT molecular complexity index is 1320. The first-order valence-corrected chi connectivity index (χ1v) is 11.0. The Morgan fingerprint density at radius 3 is 2.54 bits per heavy atom. The number of rotatable bonds is 7. The molecular formula is C25H20ClN3O6. The Hall–Kier alpha value is -4.24. The van der Waals surface area contributed by atoms with Crippen LogP contribution in [0.5, 0.6) is 5.75 Å². The maximum atomic E-state index is 13.1. The lowest BCUT2D eigenvalue weighted by molar-refractivity contribution is -0.384. The smallest absolute Gasteiger partial charge is 0.295 e. The number of hydrogen-bond donors (Lipinski definition) is 1. The summed E-state index contributed by atoms with van der Waals surface area (Å²) < 4.78 is 5.42. The maximum absolute atomic E-state index is 13.1. The van der Waals surface area contributed by atoms with Crippen LogP contribution in [0, 0.1) is 10.1 Å². The van der Waals surface area contributed by atoms with Crippen LogP contribution in [-0.4, -0.2) is 38.2 Å². The van der Waals surface area contributed by atoms with Crippen LogP contribution in [0.25, 0.3) is 5.76 Å². The molecule has 9 nitrogen and oxygen atoms in total. The number of likely N-dealkylation sites (tertiary alicyclic amines) is 1. The number of non-ortho nitro benzene ring substituents is 1. The van der Waals surface area contributed by atoms with Crippen LogP contribution in [0.4, 0.5) is 5.69 Å². The van der Waals surface area contributed by atoms with Crippen molar-refractivity contribution >= 4 is 34.7 Å². The van der Waals surface area contributed by atoms with Crippen molar-refractivity contribution < 1.29 is 24.4 Å². The lowest BCUT2D eigenvalue weighted by atomic mass is 9.95. The number of ether oxygens (including phenoxy) is 1. The van der Waals surface area contributed by atoms with Crippen molar-refractivity contribution in [3.8, 4) is 5.75 Å². The van der Waals surface area contributed by atoms with Crippen LogP contribution in [0.2, 0.25) is 5.02 Å². The van der Waals surface area contributed by atoms with Gasteiger partial charge < -0.3 is 14.7 Å². The number of benzene rings is 2. The van der Waals surface area contributed by atoms with E-state index in [0.29, 0.717) is 23.5 Å². The number of aromatic nitrogens is 1. The maximum Gasteiger partial charge on any atom is 0.295 e. The van der Waals surface area contributed by atoms with E-state index in [0.717, 1.165) is 0 Å². The number of amides is 1. The minimum Gasteiger partial charge on any atom is -0.507 e. The van der Waals surface area contributed by atoms with Crippen LogP contribution in [0.15, 0.2) is 72.6 Å². The minimum absolute atomic E-state index is 0.0425. The van der Waals surface area contributed by atoms with Crippen LogP contribution < -0.4 is 4.74 Å². The molecule has 0 radical (unpaired) electrons. The zero-order valence-electron chi connectivity index (χ0n) is 18.6. The first-order valence-electron chi connectivity index (χ1n) is 10.7. The third-order valence-corrected chi connectivity index (χ3v) is 5.84. The average Bonchev–Trinajstić information content (AvgIpc) is 3.10. The Kier molecular flexibility index (Phi) is 6.79. The molecule has 3 aromatic rings. The largest absolute Gasteiger partial charge is 0.507 e. The van der Waals surface area contributed by atoms with Gasteiger partial charge in [-0.3, -0.25) is 24.7 Å². The molecule has 0 bridgehead atoms. The molecule has 0 saturated carbocycles. The molecule has 1 N–H and O–H groups in total. The fourth-order valence-electron chi connectivity index (χ4n) is 3.93. The van der Waals surface area contributed by atoms with Gasteiger partial charge in [-0.2, -0.15) is 0 Å². The van der Waals surface area contributed by atoms with Crippen molar-refractivity contribution in [3.05, 3.63) is 104 Å². The first kappa shape index (κ1) is 23.9. The van der Waals surface area contributed by atoms with E-state index in [2.05, 4.69) is 4.98 Å². The Balaban J connectivity index is 1.84. The molecular weight excluding hydrogens is 474 g/mol. The number of nitrogens with zero attached hydrogens (tertiary/aromatic N) is 3. The standard InChI is InChI=1S/C25H20ClN3O6/c1-2-35-20-10-7-17(12-19(20)26)23(30)21-22(16-5-8-18(9-6-16)29(33)34)28(25(32)24(21)31)14-15-4-3-11-27-13-15/h3-13,22,30H,2,14H2,1H3/t22-/m1/s1. The highest BCUT2D eigenvalue weighted by Crippen LogP contribution is 2.41. The molecule has 10 heteroatoms. The predicted molar refractivity (Wildman–Crippen MR) is 128 cm³/mol. The topological polar surface area (TPSA) is 123 Å². The zero-order valence-corrected chi connectivity index (χ0v) is 19.3. The molecule has 2 aromatic carbocycles. The normalized spacial score (nSPS) is 17.0. The number of nitro groups is 1. The fraction of sp³-hybridized carbons (Fsp3) is 0.160. The highest BCUT2D eigenvalue weighted by Gasteiger charge is 2.46. The summed E-state index contributed by atoms with van der Waals surface area (Å²) in [6, 6.07) is 12.5. The summed E-state index contributed by atoms with van der Waals surface area (Å²) in [5.41, 5.74) is 1.04. The van der Waals surface area contributed by atoms with Crippen molar-refractivity contribution in [2.45, 2.75) is 19.5 Å². The lowest BCUT2D eigenvalue weighted by Gasteiger charge is -2.25. The molecule has 0 aliphatic carbocycles. The predicted octanol–water partition coefficient (Wildman–Crippen LogP) is 4.66. The van der Waals surface area contributed by atoms with Gasteiger partial charge in [0.15, 0.2) is 0 Å². The summed E-state index contributed by atoms with van der Waals surface area (Å²) in [6.07, 6.45) is 3.15. The highest BCUT2D eigenvalue weighted by molar-refractivity contribution is 6.46.